The monoisotopic (exact) mass is 1840 g/mol. The van der Waals surface area contributed by atoms with Crippen molar-refractivity contribution in [2.75, 3.05) is 54.2 Å². The highest BCUT2D eigenvalue weighted by atomic mass is 79.9. The molecule has 0 fully saturated rings. The van der Waals surface area contributed by atoms with Gasteiger partial charge in [0.15, 0.2) is 12.1 Å². The summed E-state index contributed by atoms with van der Waals surface area (Å²) in [4.78, 5) is 126. The van der Waals surface area contributed by atoms with Crippen LogP contribution in [0, 0.1) is 0 Å². The van der Waals surface area contributed by atoms with Crippen LogP contribution in [0.5, 0.6) is 40.2 Å². The summed E-state index contributed by atoms with van der Waals surface area (Å²) in [6.07, 6.45) is 3.10. The van der Waals surface area contributed by atoms with Crippen molar-refractivity contribution in [3.05, 3.63) is 283 Å². The molecule has 0 bridgehead atoms. The van der Waals surface area contributed by atoms with Gasteiger partial charge in [0, 0.05) is 32.1 Å². The number of carbonyl (C=O) groups excluding carboxylic acids is 11. The Kier molecular flexibility index (Phi) is 55.3. The second-order valence-electron chi connectivity index (χ2n) is 25.0. The fourth-order valence-corrected chi connectivity index (χ4v) is 10.5. The van der Waals surface area contributed by atoms with Crippen LogP contribution in [-0.2, 0) is 66.9 Å². The summed E-state index contributed by atoms with van der Waals surface area (Å²) >= 11 is 22.5. The minimum atomic E-state index is -0.971. The van der Waals surface area contributed by atoms with Crippen LogP contribution in [0.25, 0.3) is 0 Å². The lowest BCUT2D eigenvalue weighted by Crippen LogP contribution is -2.44. The van der Waals surface area contributed by atoms with Crippen LogP contribution in [0.4, 0.5) is 28.8 Å². The fraction of sp³-hybridized carbons (Fsp3) is 0.278. The van der Waals surface area contributed by atoms with Crippen molar-refractivity contribution in [2.24, 2.45) is 5.73 Å². The Morgan fingerprint density at radius 1 is 0.390 bits per heavy atom. The van der Waals surface area contributed by atoms with Gasteiger partial charge in [-0.1, -0.05) is 212 Å². The number of rotatable bonds is 30. The number of nitrogens with zero attached hydrogens (tertiary/aromatic N) is 2. The number of alkyl halides is 1. The number of primary amides is 1. The van der Waals surface area contributed by atoms with Crippen molar-refractivity contribution in [3.8, 4) is 40.2 Å². The molecule has 9 aromatic rings. The Bertz CT molecular complexity index is 4480. The van der Waals surface area contributed by atoms with Crippen LogP contribution in [0.15, 0.2) is 255 Å². The first-order chi connectivity index (χ1) is 58.9. The number of aromatic hydroxyl groups is 3. The quantitative estimate of drug-likeness (QED) is 0.00608. The van der Waals surface area contributed by atoms with Crippen molar-refractivity contribution in [2.45, 2.75) is 109 Å². The van der Waals surface area contributed by atoms with Crippen LogP contribution in [0.2, 0.25) is 0 Å². The maximum Gasteiger partial charge on any atom is 0.415 e. The molecule has 28 nitrogen and oxygen atoms in total. The van der Waals surface area contributed by atoms with Crippen molar-refractivity contribution in [1.29, 1.82) is 0 Å². The highest BCUT2D eigenvalue weighted by molar-refractivity contribution is 9.10. The number of carbonyl (C=O) groups is 11. The normalized spacial score (nSPS) is 11.1. The van der Waals surface area contributed by atoms with E-state index in [-0.39, 0.29) is 53.3 Å². The second kappa shape index (κ2) is 63.7. The van der Waals surface area contributed by atoms with E-state index in [0.717, 1.165) is 52.2 Å². The van der Waals surface area contributed by atoms with Gasteiger partial charge in [0.05, 0.1) is 33.0 Å². The van der Waals surface area contributed by atoms with Crippen LogP contribution in [-0.4, -0.2) is 160 Å². The number of esters is 5. The Hall–Kier alpha value is -12.3. The third kappa shape index (κ3) is 48.1. The number of hydrogen-bond acceptors (Lipinski definition) is 24. The van der Waals surface area contributed by atoms with Crippen LogP contribution < -0.4 is 35.3 Å². The number of nitrogens with two attached hydrogens (primary N) is 1. The summed E-state index contributed by atoms with van der Waals surface area (Å²) < 4.78 is 44.0. The topological polar surface area (TPSA) is 388 Å². The molecule has 0 heterocycles. The number of nitrogens with one attached hydrogen (secondary N) is 2. The highest BCUT2D eigenvalue weighted by Crippen LogP contribution is 2.27. The predicted octanol–water partition coefficient (Wildman–Crippen LogP) is 18.7. The van der Waals surface area contributed by atoms with Gasteiger partial charge in [-0.3, -0.25) is 24.1 Å². The molecular weight excluding hydrogens is 1740 g/mol. The van der Waals surface area contributed by atoms with Gasteiger partial charge in [-0.2, -0.15) is 0 Å². The molecule has 0 saturated heterocycles. The molecular formula is C90H102BrCl4N5O23. The van der Waals surface area contributed by atoms with Gasteiger partial charge in [0.2, 0.25) is 0 Å². The summed E-state index contributed by atoms with van der Waals surface area (Å²) in [5.41, 5.74) is 8.02. The third-order valence-electron chi connectivity index (χ3n) is 15.7. The lowest BCUT2D eigenvalue weighted by Gasteiger charge is -2.26. The molecule has 4 amide bonds. The summed E-state index contributed by atoms with van der Waals surface area (Å²) in [6, 6.07) is 69.7. The molecule has 7 N–H and O–H groups in total. The molecule has 9 rings (SSSR count). The van der Waals surface area contributed by atoms with Gasteiger partial charge in [-0.25, -0.2) is 33.6 Å². The zero-order chi connectivity index (χ0) is 91.3. The third-order valence-corrected chi connectivity index (χ3v) is 16.8. The zero-order valence-electron chi connectivity index (χ0n) is 69.0. The molecule has 0 aliphatic heterocycles. The van der Waals surface area contributed by atoms with E-state index in [2.05, 4.69) is 66.2 Å². The minimum Gasteiger partial charge on any atom is -0.508 e. The number of phenolic OH excluding ortho intramolecular Hbond substituents is 3. The largest absolute Gasteiger partial charge is 0.508 e. The second-order valence-corrected chi connectivity index (χ2v) is 27.6. The summed E-state index contributed by atoms with van der Waals surface area (Å²) in [5, 5.41) is 32.5. The molecule has 0 aliphatic rings. The van der Waals surface area contributed by atoms with Gasteiger partial charge < -0.3 is 79.2 Å². The molecule has 0 saturated carbocycles. The van der Waals surface area contributed by atoms with Gasteiger partial charge in [-0.15, -0.1) is 0 Å². The van der Waals surface area contributed by atoms with E-state index >= 15 is 0 Å². The molecule has 5 atom stereocenters. The van der Waals surface area contributed by atoms with E-state index in [4.69, 9.17) is 72.0 Å². The smallest absolute Gasteiger partial charge is 0.415 e. The first kappa shape index (κ1) is 107. The van der Waals surface area contributed by atoms with E-state index in [1.165, 1.54) is 50.5 Å². The van der Waals surface area contributed by atoms with Crippen LogP contribution >= 0.6 is 62.3 Å². The molecule has 0 aromatic heterocycles. The first-order valence-corrected chi connectivity index (χ1v) is 40.7. The fourth-order valence-electron chi connectivity index (χ4n) is 9.80. The van der Waals surface area contributed by atoms with Crippen molar-refractivity contribution >= 4 is 126 Å². The molecule has 9 aromatic carbocycles. The number of amides is 4. The highest BCUT2D eigenvalue weighted by Gasteiger charge is 2.32. The molecule has 123 heavy (non-hydrogen) atoms. The Balaban J connectivity index is 0.000000492. The van der Waals surface area contributed by atoms with E-state index in [9.17, 15) is 58.2 Å². The number of hydrogen-bond donors (Lipinski definition) is 6. The van der Waals surface area contributed by atoms with Crippen molar-refractivity contribution < 1.29 is 111 Å². The zero-order valence-corrected chi connectivity index (χ0v) is 73.6. The predicted molar refractivity (Wildman–Crippen MR) is 472 cm³/mol. The molecule has 33 heteroatoms. The molecule has 0 spiro atoms. The Morgan fingerprint density at radius 3 is 1.07 bits per heavy atom. The molecule has 0 radical (unpaired) electrons. The van der Waals surface area contributed by atoms with Crippen LogP contribution in [0.1, 0.15) is 100 Å². The average Bonchev–Trinajstić information content (AvgIpc) is 0.834. The number of halogens is 5. The van der Waals surface area contributed by atoms with Gasteiger partial charge >= 0.3 is 63.6 Å². The SMILES string of the molecule is CCCCOC(=O)C(Br)Cc1ccccc1.CCCCOC(=O)C(Cc1ccccc1)NC(=O)Oc1ccccc1.CCOC(=O)C(Cc1ccc(O)cc1)NC.CCOC(=O)C(c1ccc(O)cc1)N(C)C(=O)Cl.CCOC(=O)C(c1ccc(O)cc1)N(C)C(=O)Oc1ccccc1.NC(=O)Oc1ccccc1.O=C(Cl)Cl.O=C(Cl)Oc1ccccc1. The van der Waals surface area contributed by atoms with E-state index in [1.807, 2.05) is 85.8 Å². The Labute approximate surface area is 743 Å². The molecule has 660 valence electrons. The standard InChI is InChI=1S/C20H23NO4.C18H19NO5.C13H17BrO2.C12H14ClNO4.C12H17NO3.C7H5ClO2.C7H7NO2.CCl2O/c1-2-3-14-24-19(22)18(15-16-10-6-4-7-11-16)21-20(23)25-17-12-8-5-9-13-17;1-3-23-17(21)16(13-9-11-14(20)12-10-13)19(2)18(22)24-15-7-5-4-6-8-15;1-2-3-9-16-13(15)12(14)10-11-7-5-4-6-8-11;1-3-18-11(16)10(14(2)12(13)17)8-4-6-9(15)7-5-8;1-3-16-12(15)11(13-2)8-9-4-6-10(14)7-5-9;2*8-7(9)10-6-4-2-1-3-5-6;2-1(3)4/h4-13,18H,2-3,14-15H2,1H3,(H,21,23);4-12,16,20H,3H2,1-2H3;4-8,12H,2-3,9-10H2,1H3;4-7,10,15H,3H2,1-2H3;4-7,11,13-14H,3,8H2,1-2H3;1-5H;1-5H,(H2,8,9);. The Morgan fingerprint density at radius 2 is 0.707 bits per heavy atom. The van der Waals surface area contributed by atoms with E-state index in [1.54, 1.807) is 167 Å². The van der Waals surface area contributed by atoms with Gasteiger partial charge in [0.1, 0.15) is 57.2 Å². The van der Waals surface area contributed by atoms with Crippen molar-refractivity contribution in [1.82, 2.24) is 20.4 Å². The van der Waals surface area contributed by atoms with E-state index < -0.39 is 69.8 Å². The summed E-state index contributed by atoms with van der Waals surface area (Å²) in [7, 11) is 4.59. The maximum atomic E-state index is 12.3. The number of likely N-dealkylation sites (N-methyl/N-ethyl adjacent to an activating group) is 3. The number of phenols is 3. The number of unbranched alkanes of at least 4 members (excludes halogenated alkanes) is 2. The lowest BCUT2D eigenvalue weighted by molar-refractivity contribution is -0.149. The number of para-hydroxylation sites is 4. The lowest BCUT2D eigenvalue weighted by atomic mass is 10.1. The molecule has 0 aliphatic carbocycles. The molecule has 5 unspecified atom stereocenters. The average molecular weight is 1840 g/mol. The maximum absolute atomic E-state index is 12.3. The van der Waals surface area contributed by atoms with E-state index in [0.29, 0.717) is 73.2 Å². The van der Waals surface area contributed by atoms with Crippen molar-refractivity contribution in [3.63, 3.8) is 0 Å². The summed E-state index contributed by atoms with van der Waals surface area (Å²) in [6.45, 7) is 10.9. The van der Waals surface area contributed by atoms with Gasteiger partial charge in [-0.05, 0) is 201 Å². The first-order valence-electron chi connectivity index (χ1n) is 38.2. The minimum absolute atomic E-state index is 0.0656. The van der Waals surface area contributed by atoms with Gasteiger partial charge in [0.25, 0.3) is 0 Å². The number of ether oxygens (including phenoxy) is 9. The number of benzene rings is 9. The summed E-state index contributed by atoms with van der Waals surface area (Å²) in [5.74, 6) is 0.0593. The van der Waals surface area contributed by atoms with Crippen LogP contribution in [0.3, 0.4) is 0 Å².